The molecule has 0 radical (unpaired) electrons. The minimum atomic E-state index is -3.78. The van der Waals surface area contributed by atoms with Crippen molar-refractivity contribution in [3.63, 3.8) is 0 Å². The van der Waals surface area contributed by atoms with Crippen LogP contribution >= 0.6 is 0 Å². The van der Waals surface area contributed by atoms with Crippen LogP contribution in [-0.2, 0) is 29.1 Å². The van der Waals surface area contributed by atoms with Crippen molar-refractivity contribution in [2.24, 2.45) is 5.92 Å². The number of benzene rings is 2. The van der Waals surface area contributed by atoms with Crippen LogP contribution in [-0.4, -0.2) is 49.7 Å². The average molecular weight is 492 g/mol. The number of carbonyl (C=O) groups excluding carboxylic acids is 3. The second kappa shape index (κ2) is 10.7. The van der Waals surface area contributed by atoms with Gasteiger partial charge in [0.15, 0.2) is 6.10 Å². The Bertz CT molecular complexity index is 1140. The monoisotopic (exact) mass is 491 g/mol. The molecule has 2 N–H and O–H groups in total. The lowest BCUT2D eigenvalue weighted by atomic mass is 9.98. The van der Waals surface area contributed by atoms with Gasteiger partial charge in [0.25, 0.3) is 5.91 Å². The van der Waals surface area contributed by atoms with Crippen LogP contribution in [0.3, 0.4) is 0 Å². The fourth-order valence-corrected chi connectivity index (χ4v) is 4.97. The molecule has 9 nitrogen and oxygen atoms in total. The van der Waals surface area contributed by atoms with Crippen LogP contribution in [0.2, 0.25) is 0 Å². The molecule has 182 valence electrons. The Morgan fingerprint density at radius 2 is 1.50 bits per heavy atom. The maximum absolute atomic E-state index is 13.1. The van der Waals surface area contributed by atoms with Crippen molar-refractivity contribution in [3.8, 4) is 0 Å². The predicted molar refractivity (Wildman–Crippen MR) is 123 cm³/mol. The highest BCUT2D eigenvalue weighted by molar-refractivity contribution is 7.89. The van der Waals surface area contributed by atoms with Crippen molar-refractivity contribution in [3.05, 3.63) is 54.3 Å². The third kappa shape index (κ3) is 6.39. The zero-order valence-corrected chi connectivity index (χ0v) is 19.6. The maximum atomic E-state index is 13.1. The number of nitrogens with zero attached hydrogens (tertiary/aromatic N) is 1. The zero-order chi connectivity index (χ0) is 24.9. The molecule has 11 heteroatoms. The second-order valence-electron chi connectivity index (χ2n) is 7.96. The molecule has 1 aliphatic heterocycles. The summed E-state index contributed by atoms with van der Waals surface area (Å²) in [5.41, 5.74) is 1.05. The van der Waals surface area contributed by atoms with E-state index in [0.29, 0.717) is 11.4 Å². The smallest absolute Gasteiger partial charge is 0.309 e. The number of esters is 1. The molecule has 1 atom stereocenters. The van der Waals surface area contributed by atoms with Gasteiger partial charge < -0.3 is 15.4 Å². The standard InChI is InChI=1S/C23H26FN3O6S/c1-15(22(29)26-20-7-5-19(6-8-20)25-16(2)28)33-23(30)17-11-13-27(14-12-17)34(31,32)21-9-3-18(24)4-10-21/h3-10,15,17H,11-14H2,1-2H3,(H,25,28)(H,26,29)/t15-/m1/s1. The normalized spacial score (nSPS) is 15.9. The van der Waals surface area contributed by atoms with Crippen molar-refractivity contribution in [1.82, 2.24) is 4.31 Å². The van der Waals surface area contributed by atoms with Gasteiger partial charge in [-0.3, -0.25) is 14.4 Å². The predicted octanol–water partition coefficient (Wildman–Crippen LogP) is 2.76. The summed E-state index contributed by atoms with van der Waals surface area (Å²) in [6.07, 6.45) is -0.556. The molecular weight excluding hydrogens is 465 g/mol. The van der Waals surface area contributed by atoms with Gasteiger partial charge in [0, 0.05) is 31.4 Å². The summed E-state index contributed by atoms with van der Waals surface area (Å²) in [6, 6.07) is 11.0. The second-order valence-corrected chi connectivity index (χ2v) is 9.90. The van der Waals surface area contributed by atoms with E-state index in [1.807, 2.05) is 0 Å². The van der Waals surface area contributed by atoms with E-state index in [2.05, 4.69) is 10.6 Å². The summed E-state index contributed by atoms with van der Waals surface area (Å²) < 4.78 is 45.1. The Morgan fingerprint density at radius 1 is 0.971 bits per heavy atom. The lowest BCUT2D eigenvalue weighted by Gasteiger charge is -2.30. The van der Waals surface area contributed by atoms with E-state index in [-0.39, 0.29) is 36.7 Å². The van der Waals surface area contributed by atoms with Crippen molar-refractivity contribution < 1.29 is 31.9 Å². The van der Waals surface area contributed by atoms with E-state index >= 15 is 0 Å². The van der Waals surface area contributed by atoms with Crippen LogP contribution in [0.1, 0.15) is 26.7 Å². The van der Waals surface area contributed by atoms with Gasteiger partial charge in [-0.05, 0) is 68.3 Å². The first kappa shape index (κ1) is 25.3. The van der Waals surface area contributed by atoms with Crippen LogP contribution in [0.4, 0.5) is 15.8 Å². The Balaban J connectivity index is 1.49. The quantitative estimate of drug-likeness (QED) is 0.575. The lowest BCUT2D eigenvalue weighted by molar-refractivity contribution is -0.158. The number of rotatable bonds is 7. The first-order valence-electron chi connectivity index (χ1n) is 10.7. The summed E-state index contributed by atoms with van der Waals surface area (Å²) >= 11 is 0. The first-order valence-corrected chi connectivity index (χ1v) is 12.1. The largest absolute Gasteiger partial charge is 0.452 e. The summed E-state index contributed by atoms with van der Waals surface area (Å²) in [5.74, 6) is -2.36. The van der Waals surface area contributed by atoms with Crippen molar-refractivity contribution in [2.75, 3.05) is 23.7 Å². The zero-order valence-electron chi connectivity index (χ0n) is 18.8. The van der Waals surface area contributed by atoms with Gasteiger partial charge in [-0.2, -0.15) is 4.31 Å². The average Bonchev–Trinajstić information content (AvgIpc) is 2.80. The number of hydrogen-bond acceptors (Lipinski definition) is 6. The number of nitrogens with one attached hydrogen (secondary N) is 2. The first-order chi connectivity index (χ1) is 16.1. The Kier molecular flexibility index (Phi) is 8.00. The lowest BCUT2D eigenvalue weighted by Crippen LogP contribution is -2.41. The van der Waals surface area contributed by atoms with E-state index in [9.17, 15) is 27.2 Å². The molecule has 1 aliphatic rings. The minimum Gasteiger partial charge on any atom is -0.452 e. The SMILES string of the molecule is CC(=O)Nc1ccc(NC(=O)[C@@H](C)OC(=O)C2CCN(S(=O)(=O)c3ccc(F)cc3)CC2)cc1. The molecule has 0 aromatic heterocycles. The molecule has 0 saturated carbocycles. The molecule has 0 bridgehead atoms. The number of hydrogen-bond donors (Lipinski definition) is 2. The molecule has 0 aliphatic carbocycles. The van der Waals surface area contributed by atoms with Gasteiger partial charge in [-0.25, -0.2) is 12.8 Å². The number of ether oxygens (including phenoxy) is 1. The summed E-state index contributed by atoms with van der Waals surface area (Å²) in [5, 5.41) is 5.25. The van der Waals surface area contributed by atoms with Gasteiger partial charge in [0.1, 0.15) is 5.82 Å². The van der Waals surface area contributed by atoms with E-state index in [1.165, 1.54) is 30.3 Å². The number of amides is 2. The molecule has 1 heterocycles. The number of halogens is 1. The molecule has 1 fully saturated rings. The molecule has 2 aromatic carbocycles. The van der Waals surface area contributed by atoms with Gasteiger partial charge in [0.05, 0.1) is 10.8 Å². The topological polar surface area (TPSA) is 122 Å². The Labute approximate surface area is 197 Å². The molecule has 34 heavy (non-hydrogen) atoms. The molecule has 1 saturated heterocycles. The molecule has 0 spiro atoms. The summed E-state index contributed by atoms with van der Waals surface area (Å²) in [7, 11) is -3.78. The fraction of sp³-hybridized carbons (Fsp3) is 0.348. The number of carbonyl (C=O) groups is 3. The van der Waals surface area contributed by atoms with Crippen molar-refractivity contribution in [2.45, 2.75) is 37.7 Å². The van der Waals surface area contributed by atoms with Gasteiger partial charge in [0.2, 0.25) is 15.9 Å². The summed E-state index contributed by atoms with van der Waals surface area (Å²) in [4.78, 5) is 36.0. The molecule has 3 rings (SSSR count). The van der Waals surface area contributed by atoms with Crippen LogP contribution < -0.4 is 10.6 Å². The third-order valence-corrected chi connectivity index (χ3v) is 7.29. The van der Waals surface area contributed by atoms with Gasteiger partial charge in [-0.1, -0.05) is 0 Å². The highest BCUT2D eigenvalue weighted by atomic mass is 32.2. The molecule has 0 unspecified atom stereocenters. The van der Waals surface area contributed by atoms with Gasteiger partial charge >= 0.3 is 5.97 Å². The molecule has 2 amide bonds. The fourth-order valence-electron chi connectivity index (χ4n) is 3.50. The van der Waals surface area contributed by atoms with E-state index in [4.69, 9.17) is 4.74 Å². The van der Waals surface area contributed by atoms with Crippen LogP contribution in [0.25, 0.3) is 0 Å². The highest BCUT2D eigenvalue weighted by Crippen LogP contribution is 2.25. The highest BCUT2D eigenvalue weighted by Gasteiger charge is 2.34. The third-order valence-electron chi connectivity index (χ3n) is 5.37. The number of anilines is 2. The van der Waals surface area contributed by atoms with Crippen LogP contribution in [0.15, 0.2) is 53.4 Å². The Morgan fingerprint density at radius 3 is 2.03 bits per heavy atom. The Hall–Kier alpha value is -3.31. The molecular formula is C23H26FN3O6S. The minimum absolute atomic E-state index is 0.00896. The van der Waals surface area contributed by atoms with Crippen LogP contribution in [0.5, 0.6) is 0 Å². The van der Waals surface area contributed by atoms with Crippen molar-refractivity contribution >= 4 is 39.2 Å². The van der Waals surface area contributed by atoms with E-state index in [1.54, 1.807) is 24.3 Å². The molecule has 2 aromatic rings. The maximum Gasteiger partial charge on any atom is 0.309 e. The number of piperidine rings is 1. The number of sulfonamides is 1. The summed E-state index contributed by atoms with van der Waals surface area (Å²) in [6.45, 7) is 3.06. The van der Waals surface area contributed by atoms with Crippen LogP contribution in [0, 0.1) is 11.7 Å². The van der Waals surface area contributed by atoms with Gasteiger partial charge in [-0.15, -0.1) is 0 Å². The van der Waals surface area contributed by atoms with E-state index < -0.39 is 39.7 Å². The van der Waals surface area contributed by atoms with E-state index in [0.717, 1.165) is 12.1 Å². The van der Waals surface area contributed by atoms with Crippen molar-refractivity contribution in [1.29, 1.82) is 0 Å².